The average Bonchev–Trinajstić information content (AvgIpc) is 3.32. The number of aryl methyl sites for hydroxylation is 1. The van der Waals surface area contributed by atoms with Gasteiger partial charge in [0.25, 0.3) is 5.91 Å². The first-order valence-electron chi connectivity index (χ1n) is 9.08. The number of urea groups is 1. The zero-order valence-corrected chi connectivity index (χ0v) is 15.6. The van der Waals surface area contributed by atoms with E-state index >= 15 is 0 Å². The first-order chi connectivity index (χ1) is 13.6. The molecule has 0 saturated carbocycles. The molecule has 2 aromatic carbocycles. The number of amides is 3. The van der Waals surface area contributed by atoms with Gasteiger partial charge in [-0.25, -0.2) is 4.79 Å². The summed E-state index contributed by atoms with van der Waals surface area (Å²) in [5.74, 6) is -0.182. The van der Waals surface area contributed by atoms with Crippen LogP contribution >= 0.6 is 0 Å². The van der Waals surface area contributed by atoms with Gasteiger partial charge in [0.1, 0.15) is 0 Å². The van der Waals surface area contributed by atoms with E-state index in [1.54, 1.807) is 33.8 Å². The lowest BCUT2D eigenvalue weighted by molar-refractivity contribution is 0.0950. The first kappa shape index (κ1) is 17.8. The van der Waals surface area contributed by atoms with Gasteiger partial charge in [0.2, 0.25) is 0 Å². The van der Waals surface area contributed by atoms with Crippen molar-refractivity contribution in [3.63, 3.8) is 0 Å². The predicted octanol–water partition coefficient (Wildman–Crippen LogP) is 2.90. The Morgan fingerprint density at radius 1 is 1.00 bits per heavy atom. The molecule has 0 saturated heterocycles. The summed E-state index contributed by atoms with van der Waals surface area (Å²) in [6, 6.07) is 16.6. The third-order valence-electron chi connectivity index (χ3n) is 4.73. The fourth-order valence-electron chi connectivity index (χ4n) is 3.21. The molecule has 4 rings (SSSR count). The summed E-state index contributed by atoms with van der Waals surface area (Å²) in [6.45, 7) is 1.58. The Hall–Kier alpha value is -3.61. The molecule has 0 radical (unpaired) electrons. The van der Waals surface area contributed by atoms with Crippen molar-refractivity contribution in [3.05, 3.63) is 83.2 Å². The van der Waals surface area contributed by atoms with Crippen molar-refractivity contribution in [1.82, 2.24) is 20.0 Å². The van der Waals surface area contributed by atoms with Crippen molar-refractivity contribution >= 4 is 17.6 Å². The number of anilines is 1. The molecule has 142 valence electrons. The van der Waals surface area contributed by atoms with Gasteiger partial charge in [-0.1, -0.05) is 24.3 Å². The Morgan fingerprint density at radius 3 is 2.29 bits per heavy atom. The molecular formula is C21H21N5O2. The molecule has 1 aliphatic heterocycles. The smallest absolute Gasteiger partial charge is 0.322 e. The Bertz CT molecular complexity index is 985. The number of carbonyl (C=O) groups excluding carboxylic acids is 2. The molecule has 2 heterocycles. The molecule has 3 amide bonds. The lowest BCUT2D eigenvalue weighted by Crippen LogP contribution is -2.30. The molecule has 3 aromatic rings. The lowest BCUT2D eigenvalue weighted by atomic mass is 10.1. The number of hydrogen-bond acceptors (Lipinski definition) is 3. The maximum Gasteiger partial charge on any atom is 0.322 e. The summed E-state index contributed by atoms with van der Waals surface area (Å²) in [6.07, 6.45) is 1.83. The van der Waals surface area contributed by atoms with E-state index in [-0.39, 0.29) is 11.9 Å². The molecule has 1 aliphatic rings. The summed E-state index contributed by atoms with van der Waals surface area (Å²) >= 11 is 0. The van der Waals surface area contributed by atoms with Crippen LogP contribution in [-0.4, -0.2) is 26.6 Å². The van der Waals surface area contributed by atoms with Crippen LogP contribution in [0.2, 0.25) is 0 Å². The lowest BCUT2D eigenvalue weighted by Gasteiger charge is -2.16. The molecule has 0 unspecified atom stereocenters. The van der Waals surface area contributed by atoms with E-state index in [4.69, 9.17) is 0 Å². The second-order valence-corrected chi connectivity index (χ2v) is 6.80. The number of benzene rings is 2. The van der Waals surface area contributed by atoms with Gasteiger partial charge in [0.05, 0.1) is 12.2 Å². The summed E-state index contributed by atoms with van der Waals surface area (Å²) in [5.41, 5.74) is 4.34. The zero-order chi connectivity index (χ0) is 19.5. The first-order valence-corrected chi connectivity index (χ1v) is 9.08. The summed E-state index contributed by atoms with van der Waals surface area (Å²) in [4.78, 5) is 26.5. The molecule has 28 heavy (non-hydrogen) atoms. The summed E-state index contributed by atoms with van der Waals surface area (Å²) < 4.78 is 1.69. The van der Waals surface area contributed by atoms with Crippen LogP contribution in [-0.2, 0) is 26.7 Å². The van der Waals surface area contributed by atoms with Crippen LogP contribution in [0.4, 0.5) is 10.5 Å². The number of carbonyl (C=O) groups is 2. The quantitative estimate of drug-likeness (QED) is 0.736. The van der Waals surface area contributed by atoms with Crippen molar-refractivity contribution in [3.8, 4) is 0 Å². The van der Waals surface area contributed by atoms with Crippen LogP contribution in [0.25, 0.3) is 0 Å². The van der Waals surface area contributed by atoms with E-state index in [0.29, 0.717) is 30.9 Å². The van der Waals surface area contributed by atoms with Crippen molar-refractivity contribution in [2.45, 2.75) is 19.6 Å². The number of nitrogens with one attached hydrogen (secondary N) is 2. The maximum atomic E-state index is 12.5. The Labute approximate surface area is 163 Å². The molecule has 0 aliphatic carbocycles. The molecule has 0 fully saturated rings. The largest absolute Gasteiger partial charge is 0.346 e. The van der Waals surface area contributed by atoms with Gasteiger partial charge < -0.3 is 15.5 Å². The highest BCUT2D eigenvalue weighted by atomic mass is 16.2. The number of rotatable bonds is 4. The normalized spacial score (nSPS) is 12.5. The van der Waals surface area contributed by atoms with Crippen molar-refractivity contribution in [2.75, 3.05) is 5.32 Å². The van der Waals surface area contributed by atoms with Gasteiger partial charge in [-0.05, 0) is 41.5 Å². The number of fused-ring (bicyclic) bond motifs is 1. The minimum atomic E-state index is -0.182. The van der Waals surface area contributed by atoms with Crippen LogP contribution in [0.15, 0.2) is 60.8 Å². The molecule has 7 heteroatoms. The summed E-state index contributed by atoms with van der Waals surface area (Å²) in [5, 5.41) is 9.95. The second kappa shape index (κ2) is 7.56. The molecule has 1 aromatic heterocycles. The molecule has 0 bridgehead atoms. The van der Waals surface area contributed by atoms with Crippen LogP contribution in [0, 0.1) is 0 Å². The van der Waals surface area contributed by atoms with Crippen LogP contribution in [0.5, 0.6) is 0 Å². The van der Waals surface area contributed by atoms with E-state index in [0.717, 1.165) is 5.69 Å². The third-order valence-corrected chi connectivity index (χ3v) is 4.73. The Kier molecular flexibility index (Phi) is 4.80. The molecule has 0 atom stereocenters. The van der Waals surface area contributed by atoms with Crippen molar-refractivity contribution in [1.29, 1.82) is 0 Å². The van der Waals surface area contributed by atoms with Gasteiger partial charge in [-0.15, -0.1) is 0 Å². The minimum Gasteiger partial charge on any atom is -0.346 e. The maximum absolute atomic E-state index is 12.5. The van der Waals surface area contributed by atoms with E-state index in [1.165, 1.54) is 11.1 Å². The number of nitrogens with zero attached hydrogens (tertiary/aromatic N) is 3. The molecule has 0 spiro atoms. The SMILES string of the molecule is Cn1ccc(CNC(=O)c2ccc(NC(=O)N3Cc4ccccc4C3)cc2)n1. The zero-order valence-electron chi connectivity index (χ0n) is 15.6. The highest BCUT2D eigenvalue weighted by Crippen LogP contribution is 2.23. The minimum absolute atomic E-state index is 0.149. The van der Waals surface area contributed by atoms with Gasteiger partial charge in [-0.2, -0.15) is 5.10 Å². The number of hydrogen-bond donors (Lipinski definition) is 2. The molecular weight excluding hydrogens is 354 g/mol. The van der Waals surface area contributed by atoms with Gasteiger partial charge in [0.15, 0.2) is 0 Å². The van der Waals surface area contributed by atoms with Crippen LogP contribution < -0.4 is 10.6 Å². The van der Waals surface area contributed by atoms with E-state index in [1.807, 2.05) is 43.6 Å². The molecule has 7 nitrogen and oxygen atoms in total. The standard InChI is InChI=1S/C21H21N5O2/c1-25-11-10-19(24-25)12-22-20(27)15-6-8-18(9-7-15)23-21(28)26-13-16-4-2-3-5-17(16)14-26/h2-11H,12-14H2,1H3,(H,22,27)(H,23,28). The van der Waals surface area contributed by atoms with E-state index in [2.05, 4.69) is 15.7 Å². The highest BCUT2D eigenvalue weighted by molar-refractivity contribution is 5.95. The van der Waals surface area contributed by atoms with Crippen molar-refractivity contribution < 1.29 is 9.59 Å². The predicted molar refractivity (Wildman–Crippen MR) is 106 cm³/mol. The molecule has 2 N–H and O–H groups in total. The van der Waals surface area contributed by atoms with Gasteiger partial charge >= 0.3 is 6.03 Å². The number of aromatic nitrogens is 2. The third kappa shape index (κ3) is 3.88. The van der Waals surface area contributed by atoms with Crippen LogP contribution in [0.1, 0.15) is 27.2 Å². The fourth-order valence-corrected chi connectivity index (χ4v) is 3.21. The average molecular weight is 375 g/mol. The van der Waals surface area contributed by atoms with Crippen molar-refractivity contribution in [2.24, 2.45) is 7.05 Å². The monoisotopic (exact) mass is 375 g/mol. The van der Waals surface area contributed by atoms with E-state index in [9.17, 15) is 9.59 Å². The fraction of sp³-hybridized carbons (Fsp3) is 0.190. The van der Waals surface area contributed by atoms with Crippen LogP contribution in [0.3, 0.4) is 0 Å². The second-order valence-electron chi connectivity index (χ2n) is 6.80. The van der Waals surface area contributed by atoms with E-state index < -0.39 is 0 Å². The summed E-state index contributed by atoms with van der Waals surface area (Å²) in [7, 11) is 1.83. The Balaban J connectivity index is 1.32. The topological polar surface area (TPSA) is 79.3 Å². The highest BCUT2D eigenvalue weighted by Gasteiger charge is 2.22. The van der Waals surface area contributed by atoms with Gasteiger partial charge in [0, 0.05) is 37.6 Å². The van der Waals surface area contributed by atoms with Gasteiger partial charge in [-0.3, -0.25) is 9.48 Å². The Morgan fingerprint density at radius 2 is 1.68 bits per heavy atom.